The molecule has 2 fully saturated rings. The Labute approximate surface area is 107 Å². The number of carbonyl (C=O) groups is 1. The van der Waals surface area contributed by atoms with Gasteiger partial charge in [0.25, 0.3) is 0 Å². The first-order valence-electron chi connectivity index (χ1n) is 6.72. The third-order valence-electron chi connectivity index (χ3n) is 4.48. The van der Waals surface area contributed by atoms with Crippen LogP contribution in [0, 0.1) is 17.8 Å². The quantitative estimate of drug-likeness (QED) is 0.830. The highest BCUT2D eigenvalue weighted by atomic mass is 16.5. The molecule has 0 aromatic heterocycles. The summed E-state index contributed by atoms with van der Waals surface area (Å²) in [5.41, 5.74) is 7.16. The zero-order valence-corrected chi connectivity index (χ0v) is 10.4. The van der Waals surface area contributed by atoms with E-state index in [1.807, 2.05) is 30.3 Å². The van der Waals surface area contributed by atoms with Gasteiger partial charge in [0.1, 0.15) is 6.61 Å². The van der Waals surface area contributed by atoms with E-state index in [1.165, 1.54) is 6.42 Å². The van der Waals surface area contributed by atoms with Crippen LogP contribution >= 0.6 is 0 Å². The van der Waals surface area contributed by atoms with Crippen molar-refractivity contribution in [2.75, 3.05) is 0 Å². The van der Waals surface area contributed by atoms with Crippen molar-refractivity contribution in [2.24, 2.45) is 23.5 Å². The molecule has 1 aromatic rings. The fraction of sp³-hybridized carbons (Fsp3) is 0.533. The predicted molar refractivity (Wildman–Crippen MR) is 68.5 cm³/mol. The third-order valence-corrected chi connectivity index (χ3v) is 4.48. The van der Waals surface area contributed by atoms with Gasteiger partial charge in [0.15, 0.2) is 0 Å². The van der Waals surface area contributed by atoms with E-state index in [0.29, 0.717) is 18.4 Å². The van der Waals surface area contributed by atoms with Crippen LogP contribution in [-0.2, 0) is 16.1 Å². The van der Waals surface area contributed by atoms with Crippen molar-refractivity contribution >= 4 is 5.97 Å². The number of rotatable bonds is 3. The normalized spacial score (nSPS) is 33.6. The smallest absolute Gasteiger partial charge is 0.311 e. The first-order chi connectivity index (χ1) is 8.75. The summed E-state index contributed by atoms with van der Waals surface area (Å²) in [5, 5.41) is 0. The molecule has 0 heterocycles. The molecule has 96 valence electrons. The van der Waals surface area contributed by atoms with Crippen LogP contribution in [-0.4, -0.2) is 12.0 Å². The number of benzene rings is 1. The Kier molecular flexibility index (Phi) is 3.08. The number of fused-ring (bicyclic) bond motifs is 2. The van der Waals surface area contributed by atoms with E-state index in [1.54, 1.807) is 0 Å². The molecule has 3 rings (SSSR count). The summed E-state index contributed by atoms with van der Waals surface area (Å²) in [4.78, 5) is 12.1. The van der Waals surface area contributed by atoms with Crippen LogP contribution in [0.25, 0.3) is 0 Å². The first-order valence-corrected chi connectivity index (χ1v) is 6.72. The minimum absolute atomic E-state index is 0.0204. The second kappa shape index (κ2) is 4.73. The van der Waals surface area contributed by atoms with Gasteiger partial charge in [0, 0.05) is 6.04 Å². The van der Waals surface area contributed by atoms with Gasteiger partial charge in [-0.15, -0.1) is 0 Å². The van der Waals surface area contributed by atoms with Crippen molar-refractivity contribution in [1.29, 1.82) is 0 Å². The summed E-state index contributed by atoms with van der Waals surface area (Å²) in [5.74, 6) is 0.851. The van der Waals surface area contributed by atoms with E-state index in [-0.39, 0.29) is 17.9 Å². The second-order valence-corrected chi connectivity index (χ2v) is 5.53. The van der Waals surface area contributed by atoms with E-state index in [4.69, 9.17) is 10.5 Å². The zero-order valence-electron chi connectivity index (χ0n) is 10.4. The summed E-state index contributed by atoms with van der Waals surface area (Å²) in [6.45, 7) is 0.361. The van der Waals surface area contributed by atoms with Crippen molar-refractivity contribution in [3.8, 4) is 0 Å². The molecular formula is C15H19NO2. The standard InChI is InChI=1S/C15H19NO2/c16-14-12-7-6-11(8-12)13(14)15(17)18-9-10-4-2-1-3-5-10/h1-5,11-14H,6-9,16H2/t11-,12-,13+,14-/m0/s1. The number of hydrogen-bond acceptors (Lipinski definition) is 3. The minimum atomic E-state index is -0.0986. The Bertz CT molecular complexity index is 429. The lowest BCUT2D eigenvalue weighted by molar-refractivity contribution is -0.152. The maximum absolute atomic E-state index is 12.1. The number of carbonyl (C=O) groups excluding carboxylic acids is 1. The van der Waals surface area contributed by atoms with Crippen molar-refractivity contribution in [3.63, 3.8) is 0 Å². The van der Waals surface area contributed by atoms with Gasteiger partial charge in [-0.2, -0.15) is 0 Å². The molecule has 3 nitrogen and oxygen atoms in total. The molecular weight excluding hydrogens is 226 g/mol. The third kappa shape index (κ3) is 2.03. The van der Waals surface area contributed by atoms with Gasteiger partial charge < -0.3 is 10.5 Å². The molecule has 0 radical (unpaired) electrons. The van der Waals surface area contributed by atoms with Crippen LogP contribution in [0.4, 0.5) is 0 Å². The molecule has 0 unspecified atom stereocenters. The van der Waals surface area contributed by atoms with Crippen molar-refractivity contribution in [3.05, 3.63) is 35.9 Å². The molecule has 0 saturated heterocycles. The van der Waals surface area contributed by atoms with Gasteiger partial charge in [-0.3, -0.25) is 4.79 Å². The molecule has 18 heavy (non-hydrogen) atoms. The predicted octanol–water partition coefficient (Wildman–Crippen LogP) is 2.10. The van der Waals surface area contributed by atoms with E-state index in [0.717, 1.165) is 18.4 Å². The monoisotopic (exact) mass is 245 g/mol. The topological polar surface area (TPSA) is 52.3 Å². The lowest BCUT2D eigenvalue weighted by Gasteiger charge is -2.26. The molecule has 2 N–H and O–H groups in total. The van der Waals surface area contributed by atoms with Gasteiger partial charge in [-0.05, 0) is 36.7 Å². The molecule has 3 heteroatoms. The molecule has 2 bridgehead atoms. The molecule has 0 amide bonds. The van der Waals surface area contributed by atoms with Crippen molar-refractivity contribution < 1.29 is 9.53 Å². The molecule has 2 aliphatic rings. The maximum Gasteiger partial charge on any atom is 0.311 e. The number of ether oxygens (including phenoxy) is 1. The van der Waals surface area contributed by atoms with E-state index in [9.17, 15) is 4.79 Å². The maximum atomic E-state index is 12.1. The Balaban J connectivity index is 1.59. The van der Waals surface area contributed by atoms with Crippen LogP contribution in [0.5, 0.6) is 0 Å². The van der Waals surface area contributed by atoms with Gasteiger partial charge >= 0.3 is 5.97 Å². The fourth-order valence-corrected chi connectivity index (χ4v) is 3.51. The molecule has 1 aromatic carbocycles. The Morgan fingerprint density at radius 1 is 1.22 bits per heavy atom. The fourth-order valence-electron chi connectivity index (χ4n) is 3.51. The summed E-state index contributed by atoms with van der Waals surface area (Å²) < 4.78 is 5.42. The average Bonchev–Trinajstić information content (AvgIpc) is 2.98. The highest BCUT2D eigenvalue weighted by molar-refractivity contribution is 5.74. The van der Waals surface area contributed by atoms with Gasteiger partial charge in [0.2, 0.25) is 0 Å². The summed E-state index contributed by atoms with van der Waals surface area (Å²) in [6, 6.07) is 9.81. The number of nitrogens with two attached hydrogens (primary N) is 1. The van der Waals surface area contributed by atoms with Crippen LogP contribution in [0.15, 0.2) is 30.3 Å². The molecule has 2 aliphatic carbocycles. The number of esters is 1. The van der Waals surface area contributed by atoms with Crippen LogP contribution in [0.3, 0.4) is 0 Å². The first kappa shape index (κ1) is 11.7. The molecule has 4 atom stereocenters. The van der Waals surface area contributed by atoms with Crippen LogP contribution < -0.4 is 5.73 Å². The largest absolute Gasteiger partial charge is 0.461 e. The Morgan fingerprint density at radius 2 is 1.94 bits per heavy atom. The van der Waals surface area contributed by atoms with Gasteiger partial charge in [-0.1, -0.05) is 30.3 Å². The average molecular weight is 245 g/mol. The highest BCUT2D eigenvalue weighted by Gasteiger charge is 2.49. The molecule has 0 spiro atoms. The van der Waals surface area contributed by atoms with Crippen LogP contribution in [0.1, 0.15) is 24.8 Å². The Hall–Kier alpha value is -1.35. The molecule has 0 aliphatic heterocycles. The van der Waals surface area contributed by atoms with E-state index >= 15 is 0 Å². The lowest BCUT2D eigenvalue weighted by atomic mass is 9.85. The summed E-state index contributed by atoms with van der Waals surface area (Å²) in [7, 11) is 0. The van der Waals surface area contributed by atoms with Gasteiger partial charge in [-0.25, -0.2) is 0 Å². The minimum Gasteiger partial charge on any atom is -0.461 e. The van der Waals surface area contributed by atoms with Crippen molar-refractivity contribution in [2.45, 2.75) is 31.9 Å². The Morgan fingerprint density at radius 3 is 2.61 bits per heavy atom. The van der Waals surface area contributed by atoms with E-state index < -0.39 is 0 Å². The highest BCUT2D eigenvalue weighted by Crippen LogP contribution is 2.48. The van der Waals surface area contributed by atoms with Crippen molar-refractivity contribution in [1.82, 2.24) is 0 Å². The number of hydrogen-bond donors (Lipinski definition) is 1. The summed E-state index contributed by atoms with van der Waals surface area (Å²) >= 11 is 0. The zero-order chi connectivity index (χ0) is 12.5. The van der Waals surface area contributed by atoms with E-state index in [2.05, 4.69) is 0 Å². The SMILES string of the molecule is N[C@H]1[C@H]2CC[C@@H](C2)[C@H]1C(=O)OCc1ccccc1. The van der Waals surface area contributed by atoms with Gasteiger partial charge in [0.05, 0.1) is 5.92 Å². The summed E-state index contributed by atoms with van der Waals surface area (Å²) in [6.07, 6.45) is 3.45. The second-order valence-electron chi connectivity index (χ2n) is 5.53. The van der Waals surface area contributed by atoms with Crippen LogP contribution in [0.2, 0.25) is 0 Å². The lowest BCUT2D eigenvalue weighted by Crippen LogP contribution is -2.40. The molecule has 2 saturated carbocycles.